The van der Waals surface area contributed by atoms with Gasteiger partial charge in [0.1, 0.15) is 11.5 Å². The van der Waals surface area contributed by atoms with Crippen molar-refractivity contribution < 1.29 is 9.47 Å². The van der Waals surface area contributed by atoms with E-state index in [-0.39, 0.29) is 0 Å². The number of benzene rings is 3. The molecule has 0 bridgehead atoms. The van der Waals surface area contributed by atoms with Gasteiger partial charge in [0, 0.05) is 5.56 Å². The SMILES string of the molecule is CCc1ccc(-c2ccc(-c3cc(OC)c(CC)c(OC)c3)cc2)cc1. The Kier molecular flexibility index (Phi) is 5.62. The minimum absolute atomic E-state index is 0.874. The van der Waals surface area contributed by atoms with Crippen molar-refractivity contribution in [2.45, 2.75) is 26.7 Å². The summed E-state index contributed by atoms with van der Waals surface area (Å²) in [5.41, 5.74) is 7.18. The van der Waals surface area contributed by atoms with E-state index in [4.69, 9.17) is 9.47 Å². The Labute approximate surface area is 156 Å². The summed E-state index contributed by atoms with van der Waals surface area (Å²) >= 11 is 0. The average molecular weight is 346 g/mol. The second-order valence-electron chi connectivity index (χ2n) is 6.34. The van der Waals surface area contributed by atoms with E-state index in [1.54, 1.807) is 14.2 Å². The Bertz CT molecular complexity index is 837. The van der Waals surface area contributed by atoms with Crippen LogP contribution in [0.4, 0.5) is 0 Å². The van der Waals surface area contributed by atoms with Crippen LogP contribution in [0.1, 0.15) is 25.0 Å². The molecule has 0 spiro atoms. The van der Waals surface area contributed by atoms with Crippen LogP contribution in [0.5, 0.6) is 11.5 Å². The molecule has 3 aromatic rings. The van der Waals surface area contributed by atoms with Crippen molar-refractivity contribution in [3.63, 3.8) is 0 Å². The van der Waals surface area contributed by atoms with Crippen LogP contribution in [-0.4, -0.2) is 14.2 Å². The van der Waals surface area contributed by atoms with Gasteiger partial charge in [0.15, 0.2) is 0 Å². The fourth-order valence-electron chi connectivity index (χ4n) is 3.29. The first kappa shape index (κ1) is 18.1. The smallest absolute Gasteiger partial charge is 0.126 e. The molecule has 0 aliphatic carbocycles. The van der Waals surface area contributed by atoms with Crippen molar-refractivity contribution in [1.29, 1.82) is 0 Å². The quantitative estimate of drug-likeness (QED) is 0.532. The first-order valence-corrected chi connectivity index (χ1v) is 9.14. The lowest BCUT2D eigenvalue weighted by molar-refractivity contribution is 0.386. The van der Waals surface area contributed by atoms with Crippen LogP contribution < -0.4 is 9.47 Å². The Balaban J connectivity index is 1.95. The van der Waals surface area contributed by atoms with Gasteiger partial charge in [-0.25, -0.2) is 0 Å². The van der Waals surface area contributed by atoms with Crippen LogP contribution >= 0.6 is 0 Å². The monoisotopic (exact) mass is 346 g/mol. The molecule has 0 amide bonds. The third-order valence-electron chi connectivity index (χ3n) is 4.88. The predicted octanol–water partition coefficient (Wildman–Crippen LogP) is 6.16. The third-order valence-corrected chi connectivity index (χ3v) is 4.88. The molecule has 134 valence electrons. The highest BCUT2D eigenvalue weighted by molar-refractivity contribution is 5.73. The predicted molar refractivity (Wildman–Crippen MR) is 109 cm³/mol. The van der Waals surface area contributed by atoms with Gasteiger partial charge in [-0.15, -0.1) is 0 Å². The molecule has 26 heavy (non-hydrogen) atoms. The van der Waals surface area contributed by atoms with Crippen LogP contribution in [0.15, 0.2) is 60.7 Å². The summed E-state index contributed by atoms with van der Waals surface area (Å²) in [5.74, 6) is 1.75. The number of hydrogen-bond acceptors (Lipinski definition) is 2. The Hall–Kier alpha value is -2.74. The van der Waals surface area contributed by atoms with Crippen LogP contribution in [0.25, 0.3) is 22.3 Å². The molecular formula is C24H26O2. The third kappa shape index (κ3) is 3.60. The maximum atomic E-state index is 5.58. The summed E-state index contributed by atoms with van der Waals surface area (Å²) in [6.07, 6.45) is 1.94. The van der Waals surface area contributed by atoms with Crippen molar-refractivity contribution >= 4 is 0 Å². The minimum atomic E-state index is 0.874. The van der Waals surface area contributed by atoms with Crippen molar-refractivity contribution in [3.05, 3.63) is 71.8 Å². The lowest BCUT2D eigenvalue weighted by atomic mass is 9.97. The van der Waals surface area contributed by atoms with E-state index in [0.717, 1.165) is 41.0 Å². The molecule has 3 aromatic carbocycles. The number of methoxy groups -OCH3 is 2. The van der Waals surface area contributed by atoms with Gasteiger partial charge in [-0.1, -0.05) is 62.4 Å². The summed E-state index contributed by atoms with van der Waals surface area (Å²) < 4.78 is 11.2. The van der Waals surface area contributed by atoms with E-state index < -0.39 is 0 Å². The summed E-state index contributed by atoms with van der Waals surface area (Å²) in [6, 6.07) is 21.6. The Morgan fingerprint density at radius 1 is 0.577 bits per heavy atom. The lowest BCUT2D eigenvalue weighted by Crippen LogP contribution is -1.96. The van der Waals surface area contributed by atoms with Gasteiger partial charge >= 0.3 is 0 Å². The second-order valence-corrected chi connectivity index (χ2v) is 6.34. The molecule has 0 aliphatic rings. The highest BCUT2D eigenvalue weighted by Crippen LogP contribution is 2.36. The molecule has 0 radical (unpaired) electrons. The summed E-state index contributed by atoms with van der Waals surface area (Å²) in [5, 5.41) is 0. The highest BCUT2D eigenvalue weighted by atomic mass is 16.5. The molecule has 0 saturated heterocycles. The first-order chi connectivity index (χ1) is 12.7. The normalized spacial score (nSPS) is 10.6. The fraction of sp³-hybridized carbons (Fsp3) is 0.250. The van der Waals surface area contributed by atoms with E-state index in [2.05, 4.69) is 74.5 Å². The standard InChI is InChI=1S/C24H26O2/c1-5-17-7-9-18(10-8-17)19-11-13-20(14-12-19)21-15-23(25-3)22(6-2)24(16-21)26-4/h7-16H,5-6H2,1-4H3. The zero-order valence-corrected chi connectivity index (χ0v) is 16.0. The summed E-state index contributed by atoms with van der Waals surface area (Å²) in [7, 11) is 3.42. The maximum Gasteiger partial charge on any atom is 0.126 e. The molecule has 0 unspecified atom stereocenters. The summed E-state index contributed by atoms with van der Waals surface area (Å²) in [4.78, 5) is 0. The second kappa shape index (κ2) is 8.09. The molecule has 2 heteroatoms. The van der Waals surface area contributed by atoms with Gasteiger partial charge in [-0.3, -0.25) is 0 Å². The number of hydrogen-bond donors (Lipinski definition) is 0. The zero-order chi connectivity index (χ0) is 18.5. The summed E-state index contributed by atoms with van der Waals surface area (Å²) in [6.45, 7) is 4.29. The topological polar surface area (TPSA) is 18.5 Å². The highest BCUT2D eigenvalue weighted by Gasteiger charge is 2.12. The van der Waals surface area contributed by atoms with Gasteiger partial charge in [0.05, 0.1) is 14.2 Å². The van der Waals surface area contributed by atoms with Gasteiger partial charge in [0.2, 0.25) is 0 Å². The van der Waals surface area contributed by atoms with Crippen molar-refractivity contribution in [3.8, 4) is 33.8 Å². The van der Waals surface area contributed by atoms with Crippen molar-refractivity contribution in [1.82, 2.24) is 0 Å². The average Bonchev–Trinajstić information content (AvgIpc) is 2.72. The van der Waals surface area contributed by atoms with E-state index in [0.29, 0.717) is 0 Å². The van der Waals surface area contributed by atoms with E-state index in [9.17, 15) is 0 Å². The van der Waals surface area contributed by atoms with E-state index in [1.807, 2.05) is 0 Å². The molecule has 0 heterocycles. The van der Waals surface area contributed by atoms with Crippen LogP contribution in [-0.2, 0) is 12.8 Å². The van der Waals surface area contributed by atoms with E-state index >= 15 is 0 Å². The van der Waals surface area contributed by atoms with Crippen LogP contribution in [0, 0.1) is 0 Å². The molecular weight excluding hydrogens is 320 g/mol. The number of rotatable bonds is 6. The molecule has 0 aromatic heterocycles. The van der Waals surface area contributed by atoms with Crippen LogP contribution in [0.3, 0.4) is 0 Å². The number of aryl methyl sites for hydroxylation is 1. The Morgan fingerprint density at radius 3 is 1.38 bits per heavy atom. The minimum Gasteiger partial charge on any atom is -0.496 e. The maximum absolute atomic E-state index is 5.58. The lowest BCUT2D eigenvalue weighted by Gasteiger charge is -2.15. The molecule has 0 atom stereocenters. The molecule has 0 N–H and O–H groups in total. The molecule has 0 saturated carbocycles. The zero-order valence-electron chi connectivity index (χ0n) is 16.0. The van der Waals surface area contributed by atoms with Gasteiger partial charge in [-0.2, -0.15) is 0 Å². The van der Waals surface area contributed by atoms with Crippen molar-refractivity contribution in [2.75, 3.05) is 14.2 Å². The first-order valence-electron chi connectivity index (χ1n) is 9.14. The van der Waals surface area contributed by atoms with Gasteiger partial charge in [0.25, 0.3) is 0 Å². The Morgan fingerprint density at radius 2 is 1.00 bits per heavy atom. The molecule has 2 nitrogen and oxygen atoms in total. The van der Waals surface area contributed by atoms with Gasteiger partial charge < -0.3 is 9.47 Å². The largest absolute Gasteiger partial charge is 0.496 e. The molecule has 0 fully saturated rings. The van der Waals surface area contributed by atoms with Gasteiger partial charge in [-0.05, 0) is 52.8 Å². The fourth-order valence-corrected chi connectivity index (χ4v) is 3.29. The van der Waals surface area contributed by atoms with Crippen LogP contribution in [0.2, 0.25) is 0 Å². The molecule has 0 aliphatic heterocycles. The van der Waals surface area contributed by atoms with Crippen molar-refractivity contribution in [2.24, 2.45) is 0 Å². The van der Waals surface area contributed by atoms with E-state index in [1.165, 1.54) is 16.7 Å². The molecule has 3 rings (SSSR count). The number of ether oxygens (including phenoxy) is 2.